The Morgan fingerprint density at radius 3 is 2.75 bits per heavy atom. The van der Waals surface area contributed by atoms with Gasteiger partial charge in [0.2, 0.25) is 0 Å². The lowest BCUT2D eigenvalue weighted by molar-refractivity contribution is 0.0287. The molecule has 0 amide bonds. The summed E-state index contributed by atoms with van der Waals surface area (Å²) in [5, 5.41) is 13.9. The Labute approximate surface area is 46.9 Å². The summed E-state index contributed by atoms with van der Waals surface area (Å²) in [4.78, 5) is 0. The Hall–Kier alpha value is -0.190. The standard InChI is InChI=1S/C4H9FN2O/c5-3-1-6-2-7-4(3)8/h3-4,6-8H,1-2H2. The molecule has 0 saturated carbocycles. The zero-order valence-electron chi connectivity index (χ0n) is 4.39. The molecule has 0 aromatic heterocycles. The average molecular weight is 120 g/mol. The molecule has 8 heavy (non-hydrogen) atoms. The van der Waals surface area contributed by atoms with E-state index in [4.69, 9.17) is 5.11 Å². The minimum absolute atomic E-state index is 0.244. The lowest BCUT2D eigenvalue weighted by atomic mass is 10.3. The Morgan fingerprint density at radius 2 is 2.38 bits per heavy atom. The van der Waals surface area contributed by atoms with Crippen LogP contribution in [0.15, 0.2) is 0 Å². The summed E-state index contributed by atoms with van der Waals surface area (Å²) in [6.07, 6.45) is -2.14. The van der Waals surface area contributed by atoms with E-state index in [0.717, 1.165) is 0 Å². The fourth-order valence-corrected chi connectivity index (χ4v) is 0.626. The van der Waals surface area contributed by atoms with Crippen molar-refractivity contribution in [3.63, 3.8) is 0 Å². The number of aliphatic hydroxyl groups is 1. The molecule has 3 N–H and O–H groups in total. The van der Waals surface area contributed by atoms with Gasteiger partial charge in [0.15, 0.2) is 6.17 Å². The second-order valence-corrected chi connectivity index (χ2v) is 1.80. The third-order valence-electron chi connectivity index (χ3n) is 1.12. The summed E-state index contributed by atoms with van der Waals surface area (Å²) in [6, 6.07) is 0. The van der Waals surface area contributed by atoms with Crippen molar-refractivity contribution in [1.29, 1.82) is 0 Å². The fourth-order valence-electron chi connectivity index (χ4n) is 0.626. The van der Waals surface area contributed by atoms with Crippen molar-refractivity contribution >= 4 is 0 Å². The Morgan fingerprint density at radius 1 is 1.62 bits per heavy atom. The smallest absolute Gasteiger partial charge is 0.152 e. The number of nitrogens with one attached hydrogen (secondary N) is 2. The molecule has 0 spiro atoms. The van der Waals surface area contributed by atoms with Crippen LogP contribution in [0.5, 0.6) is 0 Å². The molecule has 1 aliphatic rings. The van der Waals surface area contributed by atoms with E-state index in [-0.39, 0.29) is 6.54 Å². The highest BCUT2D eigenvalue weighted by atomic mass is 19.1. The van der Waals surface area contributed by atoms with Crippen molar-refractivity contribution < 1.29 is 9.50 Å². The van der Waals surface area contributed by atoms with Crippen molar-refractivity contribution in [1.82, 2.24) is 10.6 Å². The summed E-state index contributed by atoms with van der Waals surface area (Å²) >= 11 is 0. The molecule has 1 aliphatic heterocycles. The van der Waals surface area contributed by atoms with Gasteiger partial charge in [0.05, 0.1) is 0 Å². The van der Waals surface area contributed by atoms with Gasteiger partial charge in [-0.15, -0.1) is 0 Å². The first kappa shape index (κ1) is 5.94. The van der Waals surface area contributed by atoms with Gasteiger partial charge in [0.25, 0.3) is 0 Å². The number of hydrogen-bond acceptors (Lipinski definition) is 3. The quantitative estimate of drug-likeness (QED) is 0.376. The van der Waals surface area contributed by atoms with Gasteiger partial charge in [-0.1, -0.05) is 0 Å². The molecule has 0 aromatic carbocycles. The van der Waals surface area contributed by atoms with Crippen molar-refractivity contribution in [2.45, 2.75) is 12.4 Å². The van der Waals surface area contributed by atoms with Crippen LogP contribution < -0.4 is 10.6 Å². The number of halogens is 1. The van der Waals surface area contributed by atoms with Gasteiger partial charge in [-0.25, -0.2) is 4.39 Å². The third-order valence-corrected chi connectivity index (χ3v) is 1.12. The van der Waals surface area contributed by atoms with Gasteiger partial charge in [-0.2, -0.15) is 0 Å². The summed E-state index contributed by atoms with van der Waals surface area (Å²) < 4.78 is 12.2. The molecule has 0 radical (unpaired) electrons. The zero-order valence-corrected chi connectivity index (χ0v) is 4.39. The van der Waals surface area contributed by atoms with Crippen LogP contribution in [0, 0.1) is 0 Å². The van der Waals surface area contributed by atoms with Gasteiger partial charge < -0.3 is 10.4 Å². The molecule has 3 nitrogen and oxygen atoms in total. The Balaban J connectivity index is 2.28. The lowest BCUT2D eigenvalue weighted by Crippen LogP contribution is -2.52. The molecular formula is C4H9FN2O. The highest BCUT2D eigenvalue weighted by Gasteiger charge is 2.20. The maximum atomic E-state index is 12.2. The van der Waals surface area contributed by atoms with E-state index in [9.17, 15) is 4.39 Å². The first-order valence-electron chi connectivity index (χ1n) is 2.57. The lowest BCUT2D eigenvalue weighted by Gasteiger charge is -2.23. The molecular weight excluding hydrogens is 111 g/mol. The fraction of sp³-hybridized carbons (Fsp3) is 1.00. The minimum atomic E-state index is -1.16. The largest absolute Gasteiger partial charge is 0.375 e. The highest BCUT2D eigenvalue weighted by molar-refractivity contribution is 4.72. The van der Waals surface area contributed by atoms with Crippen molar-refractivity contribution in [3.8, 4) is 0 Å². The van der Waals surface area contributed by atoms with Crippen LogP contribution in [0.25, 0.3) is 0 Å². The molecule has 4 heteroatoms. The summed E-state index contributed by atoms with van der Waals surface area (Å²) in [6.45, 7) is 0.732. The highest BCUT2D eigenvalue weighted by Crippen LogP contribution is 1.96. The maximum Gasteiger partial charge on any atom is 0.152 e. The molecule has 0 aliphatic carbocycles. The van der Waals surface area contributed by atoms with E-state index in [1.807, 2.05) is 0 Å². The molecule has 1 heterocycles. The maximum absolute atomic E-state index is 12.2. The van der Waals surface area contributed by atoms with Gasteiger partial charge >= 0.3 is 0 Å². The Bertz CT molecular complexity index is 70.4. The van der Waals surface area contributed by atoms with Gasteiger partial charge in [0, 0.05) is 13.2 Å². The number of hydrogen-bond donors (Lipinski definition) is 3. The molecule has 2 atom stereocenters. The summed E-state index contributed by atoms with van der Waals surface area (Å²) in [5.41, 5.74) is 0. The predicted molar refractivity (Wildman–Crippen MR) is 26.9 cm³/mol. The van der Waals surface area contributed by atoms with Crippen LogP contribution in [-0.4, -0.2) is 30.7 Å². The molecule has 2 unspecified atom stereocenters. The van der Waals surface area contributed by atoms with Crippen LogP contribution in [0.3, 0.4) is 0 Å². The van der Waals surface area contributed by atoms with E-state index in [1.54, 1.807) is 0 Å². The Kier molecular flexibility index (Phi) is 1.77. The normalized spacial score (nSPS) is 39.8. The molecule has 0 aromatic rings. The van der Waals surface area contributed by atoms with Gasteiger partial charge in [0.1, 0.15) is 6.23 Å². The van der Waals surface area contributed by atoms with Crippen LogP contribution in [0.4, 0.5) is 4.39 Å². The van der Waals surface area contributed by atoms with Gasteiger partial charge in [-0.3, -0.25) is 5.32 Å². The topological polar surface area (TPSA) is 44.3 Å². The average Bonchev–Trinajstić information content (AvgIpc) is 1.77. The van der Waals surface area contributed by atoms with E-state index in [1.165, 1.54) is 0 Å². The van der Waals surface area contributed by atoms with Crippen molar-refractivity contribution in [2.75, 3.05) is 13.2 Å². The first-order valence-corrected chi connectivity index (χ1v) is 2.57. The van der Waals surface area contributed by atoms with Crippen LogP contribution in [0.2, 0.25) is 0 Å². The SMILES string of the molecule is OC1NCNCC1F. The summed E-state index contributed by atoms with van der Waals surface area (Å²) in [7, 11) is 0. The molecule has 48 valence electrons. The first-order chi connectivity index (χ1) is 3.80. The second-order valence-electron chi connectivity index (χ2n) is 1.80. The second kappa shape index (κ2) is 2.39. The third kappa shape index (κ3) is 1.15. The van der Waals surface area contributed by atoms with E-state index < -0.39 is 12.4 Å². The number of rotatable bonds is 0. The molecule has 0 bridgehead atoms. The van der Waals surface area contributed by atoms with Crippen LogP contribution in [0.1, 0.15) is 0 Å². The number of alkyl halides is 1. The molecule has 1 fully saturated rings. The number of aliphatic hydroxyl groups excluding tert-OH is 1. The summed E-state index contributed by atoms with van der Waals surface area (Å²) in [5.74, 6) is 0. The van der Waals surface area contributed by atoms with E-state index in [0.29, 0.717) is 6.67 Å². The van der Waals surface area contributed by atoms with Crippen LogP contribution in [-0.2, 0) is 0 Å². The van der Waals surface area contributed by atoms with Crippen LogP contribution >= 0.6 is 0 Å². The molecule has 1 saturated heterocycles. The monoisotopic (exact) mass is 120 g/mol. The van der Waals surface area contributed by atoms with Gasteiger partial charge in [-0.05, 0) is 0 Å². The zero-order chi connectivity index (χ0) is 5.98. The predicted octanol–water partition coefficient (Wildman–Crippen LogP) is -1.21. The van der Waals surface area contributed by atoms with Crippen molar-refractivity contribution in [3.05, 3.63) is 0 Å². The molecule has 1 rings (SSSR count). The van der Waals surface area contributed by atoms with E-state index >= 15 is 0 Å². The van der Waals surface area contributed by atoms with E-state index in [2.05, 4.69) is 10.6 Å². The minimum Gasteiger partial charge on any atom is -0.375 e. The van der Waals surface area contributed by atoms with Crippen molar-refractivity contribution in [2.24, 2.45) is 0 Å².